The van der Waals surface area contributed by atoms with Gasteiger partial charge >= 0.3 is 0 Å². The molecule has 0 fully saturated rings. The van der Waals surface area contributed by atoms with Crippen LogP contribution in [0.5, 0.6) is 0 Å². The molecule has 2 amide bonds. The average Bonchev–Trinajstić information content (AvgIpc) is 3.07. The third-order valence-corrected chi connectivity index (χ3v) is 3.63. The molecule has 0 unspecified atom stereocenters. The number of carbonyl (C=O) groups excluding carboxylic acids is 2. The number of aliphatic imine (C=N–C) groups is 1. The highest BCUT2D eigenvalue weighted by Gasteiger charge is 2.30. The summed E-state index contributed by atoms with van der Waals surface area (Å²) in [5, 5.41) is 0. The molecule has 0 spiro atoms. The summed E-state index contributed by atoms with van der Waals surface area (Å²) in [6, 6.07) is 7.28. The van der Waals surface area contributed by atoms with E-state index in [0.717, 1.165) is 4.90 Å². The highest BCUT2D eigenvalue weighted by Crippen LogP contribution is 2.27. The fourth-order valence-corrected chi connectivity index (χ4v) is 2.37. The van der Waals surface area contributed by atoms with Gasteiger partial charge in [-0.15, -0.1) is 0 Å². The number of ether oxygens (including phenoxy) is 1. The molecule has 5 heteroatoms. The summed E-state index contributed by atoms with van der Waals surface area (Å²) in [5.74, 6) is 0.195. The minimum atomic E-state index is -0.341. The van der Waals surface area contributed by atoms with E-state index in [-0.39, 0.29) is 17.9 Å². The van der Waals surface area contributed by atoms with Gasteiger partial charge in [0, 0.05) is 12.2 Å². The summed E-state index contributed by atoms with van der Waals surface area (Å²) in [5.41, 5.74) is 1.19. The summed E-state index contributed by atoms with van der Waals surface area (Å²) in [6.07, 6.45) is 2.54. The number of benzene rings is 1. The summed E-state index contributed by atoms with van der Waals surface area (Å²) in [7, 11) is 0. The Kier molecular flexibility index (Phi) is 3.33. The van der Waals surface area contributed by atoms with Crippen molar-refractivity contribution in [2.45, 2.75) is 19.9 Å². The van der Waals surface area contributed by atoms with E-state index in [1.165, 1.54) is 12.2 Å². The van der Waals surface area contributed by atoms with Crippen LogP contribution in [0.3, 0.4) is 0 Å². The Hall–Kier alpha value is -2.43. The second-order valence-electron chi connectivity index (χ2n) is 5.42. The molecule has 0 saturated carbocycles. The molecule has 2 heterocycles. The molecule has 3 rings (SSSR count). The van der Waals surface area contributed by atoms with Crippen LogP contribution in [0.25, 0.3) is 0 Å². The van der Waals surface area contributed by atoms with Gasteiger partial charge in [0.1, 0.15) is 6.61 Å². The molecule has 1 aromatic rings. The summed E-state index contributed by atoms with van der Waals surface area (Å²) < 4.78 is 5.66. The topological polar surface area (TPSA) is 59.0 Å². The van der Waals surface area contributed by atoms with Crippen LogP contribution in [-0.2, 0) is 14.3 Å². The highest BCUT2D eigenvalue weighted by molar-refractivity contribution is 6.29. The van der Waals surface area contributed by atoms with Gasteiger partial charge in [-0.3, -0.25) is 9.59 Å². The summed E-state index contributed by atoms with van der Waals surface area (Å²) in [4.78, 5) is 29.4. The maximum Gasteiger partial charge on any atom is 0.258 e. The monoisotopic (exact) mass is 284 g/mol. The van der Waals surface area contributed by atoms with Gasteiger partial charge in [0.15, 0.2) is 0 Å². The fraction of sp³-hybridized carbons (Fsp3) is 0.312. The molecule has 0 radical (unpaired) electrons. The van der Waals surface area contributed by atoms with Crippen LogP contribution in [0.1, 0.15) is 19.4 Å². The van der Waals surface area contributed by atoms with E-state index in [4.69, 9.17) is 4.74 Å². The predicted octanol–water partition coefficient (Wildman–Crippen LogP) is 1.92. The van der Waals surface area contributed by atoms with Crippen LogP contribution in [0.15, 0.2) is 41.4 Å². The Bertz CT molecular complexity index is 643. The van der Waals surface area contributed by atoms with E-state index in [1.807, 2.05) is 12.1 Å². The van der Waals surface area contributed by atoms with Crippen molar-refractivity contribution in [2.75, 3.05) is 11.5 Å². The quantitative estimate of drug-likeness (QED) is 0.797. The molecule has 0 saturated heterocycles. The second kappa shape index (κ2) is 5.16. The normalized spacial score (nSPS) is 21.2. The molecule has 108 valence electrons. The lowest BCUT2D eigenvalue weighted by atomic mass is 10.1. The number of nitrogens with zero attached hydrogens (tertiary/aromatic N) is 2. The van der Waals surface area contributed by atoms with Crippen LogP contribution >= 0.6 is 0 Å². The van der Waals surface area contributed by atoms with Crippen molar-refractivity contribution in [3.8, 4) is 0 Å². The minimum Gasteiger partial charge on any atom is -0.475 e. The van der Waals surface area contributed by atoms with Crippen LogP contribution in [0, 0.1) is 5.92 Å². The van der Waals surface area contributed by atoms with Gasteiger partial charge in [0.05, 0.1) is 17.3 Å². The molecular weight excluding hydrogens is 268 g/mol. The second-order valence-corrected chi connectivity index (χ2v) is 5.42. The van der Waals surface area contributed by atoms with E-state index >= 15 is 0 Å². The molecule has 0 N–H and O–H groups in total. The lowest BCUT2D eigenvalue weighted by molar-refractivity contribution is -0.119. The van der Waals surface area contributed by atoms with Crippen LogP contribution < -0.4 is 4.90 Å². The van der Waals surface area contributed by atoms with Crippen LogP contribution in [-0.4, -0.2) is 30.4 Å². The van der Waals surface area contributed by atoms with Gasteiger partial charge in [0.25, 0.3) is 11.8 Å². The first kappa shape index (κ1) is 13.5. The van der Waals surface area contributed by atoms with Crippen molar-refractivity contribution in [3.63, 3.8) is 0 Å². The van der Waals surface area contributed by atoms with Crippen LogP contribution in [0.4, 0.5) is 5.69 Å². The number of hydrogen-bond donors (Lipinski definition) is 0. The van der Waals surface area contributed by atoms with Crippen molar-refractivity contribution in [2.24, 2.45) is 10.9 Å². The molecule has 2 aliphatic rings. The molecule has 0 aromatic heterocycles. The van der Waals surface area contributed by atoms with Crippen molar-refractivity contribution >= 4 is 23.4 Å². The smallest absolute Gasteiger partial charge is 0.258 e. The third-order valence-electron chi connectivity index (χ3n) is 3.63. The van der Waals surface area contributed by atoms with E-state index in [9.17, 15) is 9.59 Å². The van der Waals surface area contributed by atoms with Crippen molar-refractivity contribution in [3.05, 3.63) is 42.0 Å². The first-order valence-corrected chi connectivity index (χ1v) is 6.94. The number of hydrogen-bond acceptors (Lipinski definition) is 4. The van der Waals surface area contributed by atoms with Crippen molar-refractivity contribution < 1.29 is 14.3 Å². The molecule has 1 atom stereocenters. The zero-order valence-electron chi connectivity index (χ0n) is 11.9. The first-order chi connectivity index (χ1) is 10.1. The Morgan fingerprint density at radius 1 is 1.19 bits per heavy atom. The van der Waals surface area contributed by atoms with Gasteiger partial charge in [-0.05, 0) is 18.1 Å². The Morgan fingerprint density at radius 3 is 2.48 bits per heavy atom. The molecule has 0 bridgehead atoms. The van der Waals surface area contributed by atoms with E-state index < -0.39 is 0 Å². The Morgan fingerprint density at radius 2 is 1.86 bits per heavy atom. The van der Waals surface area contributed by atoms with E-state index in [1.54, 1.807) is 12.1 Å². The lowest BCUT2D eigenvalue weighted by Crippen LogP contribution is -2.31. The molecule has 5 nitrogen and oxygen atoms in total. The highest BCUT2D eigenvalue weighted by atomic mass is 16.5. The number of rotatable bonds is 3. The number of amides is 2. The standard InChI is InChI=1S/C16H16N2O3/c1-10(2)12-9-21-16(17-12)11-5-3-4-6-13(11)18-14(19)7-8-15(18)20/h3-8,10,12H,9H2,1-2H3/t12-/m1/s1. The summed E-state index contributed by atoms with van der Waals surface area (Å²) >= 11 is 0. The number of carbonyl (C=O) groups is 2. The van der Waals surface area contributed by atoms with Crippen molar-refractivity contribution in [1.82, 2.24) is 0 Å². The number of para-hydroxylation sites is 1. The van der Waals surface area contributed by atoms with E-state index in [0.29, 0.717) is 29.7 Å². The van der Waals surface area contributed by atoms with Gasteiger partial charge < -0.3 is 4.74 Å². The average molecular weight is 284 g/mol. The SMILES string of the molecule is CC(C)[C@H]1COC(c2ccccc2N2C(=O)C=CC2=O)=N1. The van der Waals surface area contributed by atoms with Crippen LogP contribution in [0.2, 0.25) is 0 Å². The summed E-state index contributed by atoms with van der Waals surface area (Å²) in [6.45, 7) is 4.70. The number of imide groups is 1. The fourth-order valence-electron chi connectivity index (χ4n) is 2.37. The van der Waals surface area contributed by atoms with Crippen molar-refractivity contribution in [1.29, 1.82) is 0 Å². The van der Waals surface area contributed by atoms with Gasteiger partial charge in [-0.25, -0.2) is 9.89 Å². The maximum atomic E-state index is 11.9. The largest absolute Gasteiger partial charge is 0.475 e. The minimum absolute atomic E-state index is 0.108. The molecule has 0 aliphatic carbocycles. The van der Waals surface area contributed by atoms with Gasteiger partial charge in [-0.1, -0.05) is 26.0 Å². The van der Waals surface area contributed by atoms with E-state index in [2.05, 4.69) is 18.8 Å². The Balaban J connectivity index is 2.00. The zero-order chi connectivity index (χ0) is 15.0. The first-order valence-electron chi connectivity index (χ1n) is 6.94. The lowest BCUT2D eigenvalue weighted by Gasteiger charge is -2.17. The number of anilines is 1. The third kappa shape index (κ3) is 2.35. The Labute approximate surface area is 122 Å². The zero-order valence-corrected chi connectivity index (χ0v) is 11.9. The molecular formula is C16H16N2O3. The van der Waals surface area contributed by atoms with Gasteiger partial charge in [-0.2, -0.15) is 0 Å². The molecule has 21 heavy (non-hydrogen) atoms. The molecule has 2 aliphatic heterocycles. The predicted molar refractivity (Wildman–Crippen MR) is 79.2 cm³/mol. The van der Waals surface area contributed by atoms with Gasteiger partial charge in [0.2, 0.25) is 5.90 Å². The molecule has 1 aromatic carbocycles. The maximum absolute atomic E-state index is 11.9.